The van der Waals surface area contributed by atoms with Gasteiger partial charge in [-0.2, -0.15) is 4.99 Å². The second-order valence-corrected chi connectivity index (χ2v) is 3.14. The van der Waals surface area contributed by atoms with Gasteiger partial charge in [0.25, 0.3) is 0 Å². The van der Waals surface area contributed by atoms with Gasteiger partial charge in [0.2, 0.25) is 5.88 Å². The summed E-state index contributed by atoms with van der Waals surface area (Å²) in [5.41, 5.74) is 1.15. The van der Waals surface area contributed by atoms with E-state index in [1.54, 1.807) is 6.92 Å². The lowest BCUT2D eigenvalue weighted by atomic mass is 10.1. The summed E-state index contributed by atoms with van der Waals surface area (Å²) in [4.78, 5) is 5.39. The van der Waals surface area contributed by atoms with Crippen LogP contribution in [0.2, 0.25) is 0 Å². The largest absolute Gasteiger partial charge is 0.493 e. The summed E-state index contributed by atoms with van der Waals surface area (Å²) in [6.45, 7) is 5.41. The lowest BCUT2D eigenvalue weighted by Crippen LogP contribution is -2.30. The van der Waals surface area contributed by atoms with Gasteiger partial charge in [0.05, 0.1) is 0 Å². The third-order valence-corrected chi connectivity index (χ3v) is 2.01. The molecule has 0 bridgehead atoms. The average molecular weight is 192 g/mol. The van der Waals surface area contributed by atoms with Crippen molar-refractivity contribution in [2.45, 2.75) is 6.92 Å². The van der Waals surface area contributed by atoms with Crippen LogP contribution in [0.3, 0.4) is 0 Å². The van der Waals surface area contributed by atoms with E-state index < -0.39 is 0 Å². The highest BCUT2D eigenvalue weighted by Crippen LogP contribution is 2.25. The molecule has 2 rings (SSSR count). The molecule has 4 heteroatoms. The number of amidine groups is 1. The number of allylic oxidation sites excluding steroid dienone is 3. The Bertz CT molecular complexity index is 429. The zero-order valence-corrected chi connectivity index (χ0v) is 7.66. The maximum absolute atomic E-state index is 13.0. The van der Waals surface area contributed by atoms with Crippen molar-refractivity contribution in [2.24, 2.45) is 4.99 Å². The normalized spacial score (nSPS) is 20.7. The minimum Gasteiger partial charge on any atom is -0.493 e. The van der Waals surface area contributed by atoms with Crippen LogP contribution in [-0.2, 0) is 0 Å². The first-order chi connectivity index (χ1) is 6.58. The second kappa shape index (κ2) is 2.83. The first-order valence-corrected chi connectivity index (χ1v) is 4.11. The number of hydrogen-bond donors (Lipinski definition) is 1. The summed E-state index contributed by atoms with van der Waals surface area (Å²) in [5.74, 6) is 0.0542. The van der Waals surface area contributed by atoms with Gasteiger partial charge in [-0.25, -0.2) is 4.39 Å². The molecule has 0 saturated carbocycles. The lowest BCUT2D eigenvalue weighted by molar-refractivity contribution is 0.398. The Hall–Kier alpha value is -1.84. The molecule has 0 radical (unpaired) electrons. The van der Waals surface area contributed by atoms with Gasteiger partial charge in [-0.05, 0) is 18.6 Å². The molecule has 0 aromatic carbocycles. The molecule has 72 valence electrons. The summed E-state index contributed by atoms with van der Waals surface area (Å²) in [6.07, 6.45) is 4.03. The Morgan fingerprint density at radius 3 is 2.93 bits per heavy atom. The molecule has 2 aliphatic heterocycles. The van der Waals surface area contributed by atoms with Gasteiger partial charge in [-0.3, -0.25) is 4.90 Å². The van der Waals surface area contributed by atoms with Gasteiger partial charge in [-0.15, -0.1) is 0 Å². The van der Waals surface area contributed by atoms with Crippen LogP contribution in [-0.4, -0.2) is 15.8 Å². The van der Waals surface area contributed by atoms with Crippen molar-refractivity contribution in [3.8, 4) is 0 Å². The van der Waals surface area contributed by atoms with Gasteiger partial charge < -0.3 is 5.11 Å². The molecule has 0 fully saturated rings. The van der Waals surface area contributed by atoms with Crippen molar-refractivity contribution in [1.29, 1.82) is 0 Å². The predicted octanol–water partition coefficient (Wildman–Crippen LogP) is 2.38. The van der Waals surface area contributed by atoms with Crippen molar-refractivity contribution < 1.29 is 9.50 Å². The Kier molecular flexibility index (Phi) is 1.77. The van der Waals surface area contributed by atoms with Crippen molar-refractivity contribution in [3.05, 3.63) is 47.9 Å². The van der Waals surface area contributed by atoms with E-state index in [2.05, 4.69) is 11.6 Å². The molecule has 0 amide bonds. The van der Waals surface area contributed by atoms with Crippen LogP contribution in [0.25, 0.3) is 0 Å². The van der Waals surface area contributed by atoms with Crippen molar-refractivity contribution in [2.75, 3.05) is 0 Å². The monoisotopic (exact) mass is 192 g/mol. The molecule has 0 unspecified atom stereocenters. The predicted molar refractivity (Wildman–Crippen MR) is 52.1 cm³/mol. The third-order valence-electron chi connectivity index (χ3n) is 2.01. The van der Waals surface area contributed by atoms with Gasteiger partial charge in [0.1, 0.15) is 11.7 Å². The van der Waals surface area contributed by atoms with Crippen LogP contribution in [0.5, 0.6) is 0 Å². The Labute approximate surface area is 80.9 Å². The molecule has 2 heterocycles. The van der Waals surface area contributed by atoms with E-state index >= 15 is 0 Å². The van der Waals surface area contributed by atoms with E-state index in [4.69, 9.17) is 0 Å². The SMILES string of the molecule is C=C1C=C(O)N=C2C(C)=CC(F)=CN12. The number of aliphatic hydroxyl groups excluding tert-OH is 1. The first-order valence-electron chi connectivity index (χ1n) is 4.11. The number of rotatable bonds is 0. The van der Waals surface area contributed by atoms with Gasteiger partial charge in [-0.1, -0.05) is 6.58 Å². The molecule has 0 saturated heterocycles. The van der Waals surface area contributed by atoms with Gasteiger partial charge >= 0.3 is 0 Å². The maximum atomic E-state index is 13.0. The summed E-state index contributed by atoms with van der Waals surface area (Å²) < 4.78 is 13.0. The highest BCUT2D eigenvalue weighted by molar-refractivity contribution is 6.02. The number of fused-ring (bicyclic) bond motifs is 1. The second-order valence-electron chi connectivity index (χ2n) is 3.14. The minimum atomic E-state index is -0.350. The molecule has 1 N–H and O–H groups in total. The maximum Gasteiger partial charge on any atom is 0.214 e. The number of halogens is 1. The number of aliphatic hydroxyl groups is 1. The summed E-state index contributed by atoms with van der Waals surface area (Å²) in [7, 11) is 0. The fraction of sp³-hybridized carbons (Fsp3) is 0.100. The topological polar surface area (TPSA) is 35.8 Å². The lowest BCUT2D eigenvalue weighted by Gasteiger charge is -2.28. The molecule has 0 aromatic rings. The molecular formula is C10H9FN2O. The van der Waals surface area contributed by atoms with E-state index in [0.29, 0.717) is 17.1 Å². The third kappa shape index (κ3) is 1.25. The van der Waals surface area contributed by atoms with Crippen LogP contribution in [0.4, 0.5) is 4.39 Å². The Morgan fingerprint density at radius 2 is 2.21 bits per heavy atom. The van der Waals surface area contributed by atoms with E-state index in [9.17, 15) is 9.50 Å². The molecule has 0 aliphatic carbocycles. The fourth-order valence-electron chi connectivity index (χ4n) is 1.40. The highest BCUT2D eigenvalue weighted by atomic mass is 19.1. The summed E-state index contributed by atoms with van der Waals surface area (Å²) >= 11 is 0. The molecule has 0 aromatic heterocycles. The quantitative estimate of drug-likeness (QED) is 0.639. The van der Waals surface area contributed by atoms with Gasteiger partial charge in [0.15, 0.2) is 0 Å². The van der Waals surface area contributed by atoms with E-state index in [-0.39, 0.29) is 11.7 Å². The average Bonchev–Trinajstić information content (AvgIpc) is 2.07. The van der Waals surface area contributed by atoms with Crippen LogP contribution < -0.4 is 0 Å². The highest BCUT2D eigenvalue weighted by Gasteiger charge is 2.22. The minimum absolute atomic E-state index is 0.107. The van der Waals surface area contributed by atoms with E-state index in [0.717, 1.165) is 0 Å². The first kappa shape index (κ1) is 8.74. The Morgan fingerprint density at radius 1 is 1.50 bits per heavy atom. The van der Waals surface area contributed by atoms with Crippen molar-refractivity contribution in [1.82, 2.24) is 4.90 Å². The Balaban J connectivity index is 2.52. The van der Waals surface area contributed by atoms with E-state index in [1.807, 2.05) is 0 Å². The number of aliphatic imine (C=N–C) groups is 1. The number of hydrogen-bond acceptors (Lipinski definition) is 3. The standard InChI is InChI=1S/C10H9FN2O/c1-6-3-8(11)5-13-7(2)4-9(14)12-10(6)13/h3-5,14H,2H2,1H3. The summed E-state index contributed by atoms with van der Waals surface area (Å²) in [5, 5.41) is 9.25. The molecule has 0 spiro atoms. The molecule has 2 aliphatic rings. The molecule has 14 heavy (non-hydrogen) atoms. The zero-order chi connectivity index (χ0) is 10.3. The molecule has 3 nitrogen and oxygen atoms in total. The fourth-order valence-corrected chi connectivity index (χ4v) is 1.40. The molecular weight excluding hydrogens is 183 g/mol. The van der Waals surface area contributed by atoms with Crippen LogP contribution in [0, 0.1) is 0 Å². The van der Waals surface area contributed by atoms with Crippen molar-refractivity contribution in [3.63, 3.8) is 0 Å². The zero-order valence-electron chi connectivity index (χ0n) is 7.66. The van der Waals surface area contributed by atoms with Crippen LogP contribution in [0.15, 0.2) is 52.9 Å². The van der Waals surface area contributed by atoms with Crippen molar-refractivity contribution >= 4 is 5.84 Å². The van der Waals surface area contributed by atoms with Crippen LogP contribution >= 0.6 is 0 Å². The summed E-state index contributed by atoms with van der Waals surface area (Å²) in [6, 6.07) is 0. The van der Waals surface area contributed by atoms with Gasteiger partial charge in [0, 0.05) is 18.0 Å². The van der Waals surface area contributed by atoms with E-state index in [1.165, 1.54) is 23.3 Å². The van der Waals surface area contributed by atoms with Crippen LogP contribution in [0.1, 0.15) is 6.92 Å². The molecule has 0 atom stereocenters. The smallest absolute Gasteiger partial charge is 0.214 e. The number of nitrogens with zero attached hydrogens (tertiary/aromatic N) is 2.